The van der Waals surface area contributed by atoms with Crippen LogP contribution in [0.3, 0.4) is 0 Å². The minimum Gasteiger partial charge on any atom is -0.416 e. The molecule has 0 bridgehead atoms. The van der Waals surface area contributed by atoms with Gasteiger partial charge in [0.15, 0.2) is 0 Å². The molecule has 140 valence electrons. The molecule has 3 heteroatoms. The lowest BCUT2D eigenvalue weighted by molar-refractivity contribution is 0.582. The Kier molecular flexibility index (Phi) is 4.60. The predicted molar refractivity (Wildman–Crippen MR) is 114 cm³/mol. The molecule has 0 saturated heterocycles. The fraction of sp³-hybridized carbons (Fsp3) is 0.200. The second kappa shape index (κ2) is 7.08. The smallest absolute Gasteiger partial charge is 0.248 e. The quantitative estimate of drug-likeness (QED) is 0.405. The first-order valence-electron chi connectivity index (χ1n) is 9.53. The van der Waals surface area contributed by atoms with Crippen molar-refractivity contribution in [2.45, 2.75) is 33.1 Å². The summed E-state index contributed by atoms with van der Waals surface area (Å²) < 4.78 is 5.96. The zero-order valence-electron chi connectivity index (χ0n) is 16.7. The monoisotopic (exact) mass is 368 g/mol. The highest BCUT2D eigenvalue weighted by Gasteiger charge is 2.15. The van der Waals surface area contributed by atoms with Crippen molar-refractivity contribution in [1.29, 1.82) is 0 Å². The highest BCUT2D eigenvalue weighted by Crippen LogP contribution is 2.30. The Morgan fingerprint density at radius 1 is 0.679 bits per heavy atom. The van der Waals surface area contributed by atoms with E-state index in [2.05, 4.69) is 86.4 Å². The maximum atomic E-state index is 5.96. The van der Waals surface area contributed by atoms with Gasteiger partial charge in [-0.1, -0.05) is 69.3 Å². The van der Waals surface area contributed by atoms with Crippen molar-refractivity contribution >= 4 is 0 Å². The maximum Gasteiger partial charge on any atom is 0.248 e. The van der Waals surface area contributed by atoms with E-state index in [1.165, 1.54) is 22.3 Å². The molecule has 3 nitrogen and oxygen atoms in total. The van der Waals surface area contributed by atoms with E-state index in [0.717, 1.165) is 11.1 Å². The summed E-state index contributed by atoms with van der Waals surface area (Å²) in [6, 6.07) is 25.0. The van der Waals surface area contributed by atoms with Crippen LogP contribution in [0.25, 0.3) is 34.0 Å². The van der Waals surface area contributed by atoms with Gasteiger partial charge in [-0.05, 0) is 58.9 Å². The normalized spacial score (nSPS) is 11.6. The van der Waals surface area contributed by atoms with E-state index in [4.69, 9.17) is 4.42 Å². The van der Waals surface area contributed by atoms with E-state index in [1.807, 2.05) is 24.3 Å². The van der Waals surface area contributed by atoms with Crippen molar-refractivity contribution in [2.24, 2.45) is 0 Å². The summed E-state index contributed by atoms with van der Waals surface area (Å²) in [7, 11) is 0. The highest BCUT2D eigenvalue weighted by molar-refractivity contribution is 5.71. The molecule has 0 aliphatic rings. The van der Waals surface area contributed by atoms with Gasteiger partial charge in [0.1, 0.15) is 0 Å². The third-order valence-corrected chi connectivity index (χ3v) is 4.98. The average Bonchev–Trinajstić information content (AvgIpc) is 3.18. The topological polar surface area (TPSA) is 38.9 Å². The van der Waals surface area contributed by atoms with Gasteiger partial charge < -0.3 is 4.42 Å². The van der Waals surface area contributed by atoms with Crippen molar-refractivity contribution < 1.29 is 4.42 Å². The minimum atomic E-state index is 0.122. The Morgan fingerprint density at radius 2 is 1.29 bits per heavy atom. The molecule has 1 heterocycles. The molecule has 0 atom stereocenters. The zero-order valence-corrected chi connectivity index (χ0v) is 16.7. The molecular weight excluding hydrogens is 344 g/mol. The van der Waals surface area contributed by atoms with Crippen molar-refractivity contribution in [3.8, 4) is 34.0 Å². The van der Waals surface area contributed by atoms with Crippen molar-refractivity contribution in [1.82, 2.24) is 10.2 Å². The molecule has 4 rings (SSSR count). The molecule has 0 amide bonds. The molecular formula is C25H24N2O. The fourth-order valence-electron chi connectivity index (χ4n) is 3.31. The van der Waals surface area contributed by atoms with Gasteiger partial charge in [0.2, 0.25) is 11.8 Å². The Hall–Kier alpha value is -3.20. The second-order valence-corrected chi connectivity index (χ2v) is 8.14. The van der Waals surface area contributed by atoms with E-state index < -0.39 is 0 Å². The Morgan fingerprint density at radius 3 is 1.89 bits per heavy atom. The Bertz CT molecular complexity index is 1090. The van der Waals surface area contributed by atoms with Crippen LogP contribution in [0.15, 0.2) is 77.2 Å². The standard InChI is InChI=1S/C25H24N2O/c1-17-16-20(12-15-22(17)18-8-6-5-7-9-18)24-27-26-23(28-24)19-10-13-21(14-11-19)25(2,3)4/h5-16H,1-4H3. The third kappa shape index (κ3) is 3.61. The molecule has 4 aromatic rings. The summed E-state index contributed by atoms with van der Waals surface area (Å²) in [5.41, 5.74) is 6.86. The van der Waals surface area contributed by atoms with Gasteiger partial charge >= 0.3 is 0 Å². The maximum absolute atomic E-state index is 5.96. The van der Waals surface area contributed by atoms with E-state index in [-0.39, 0.29) is 5.41 Å². The van der Waals surface area contributed by atoms with Crippen LogP contribution in [0, 0.1) is 6.92 Å². The van der Waals surface area contributed by atoms with Gasteiger partial charge in [0, 0.05) is 11.1 Å². The summed E-state index contributed by atoms with van der Waals surface area (Å²) in [6.07, 6.45) is 0. The largest absolute Gasteiger partial charge is 0.416 e. The first-order chi connectivity index (χ1) is 13.4. The third-order valence-electron chi connectivity index (χ3n) is 4.98. The van der Waals surface area contributed by atoms with Crippen LogP contribution in [-0.4, -0.2) is 10.2 Å². The van der Waals surface area contributed by atoms with Crippen molar-refractivity contribution in [3.63, 3.8) is 0 Å². The molecule has 0 radical (unpaired) electrons. The van der Waals surface area contributed by atoms with Crippen LogP contribution in [0.5, 0.6) is 0 Å². The van der Waals surface area contributed by atoms with Gasteiger partial charge in [-0.15, -0.1) is 10.2 Å². The molecule has 1 aromatic heterocycles. The van der Waals surface area contributed by atoms with Gasteiger partial charge in [0.25, 0.3) is 0 Å². The van der Waals surface area contributed by atoms with Gasteiger partial charge in [0.05, 0.1) is 0 Å². The lowest BCUT2D eigenvalue weighted by atomic mass is 9.87. The first kappa shape index (κ1) is 18.2. The van der Waals surface area contributed by atoms with E-state index >= 15 is 0 Å². The lowest BCUT2D eigenvalue weighted by Gasteiger charge is -2.18. The van der Waals surface area contributed by atoms with Gasteiger partial charge in [-0.2, -0.15) is 0 Å². The summed E-state index contributed by atoms with van der Waals surface area (Å²) in [4.78, 5) is 0. The molecule has 0 fully saturated rings. The summed E-state index contributed by atoms with van der Waals surface area (Å²) in [5.74, 6) is 1.08. The second-order valence-electron chi connectivity index (χ2n) is 8.14. The van der Waals surface area contributed by atoms with Crippen LogP contribution in [-0.2, 0) is 5.41 Å². The van der Waals surface area contributed by atoms with Crippen LogP contribution in [0.1, 0.15) is 31.9 Å². The Labute approximate surface area is 166 Å². The number of benzene rings is 3. The molecule has 0 saturated carbocycles. The average molecular weight is 368 g/mol. The molecule has 0 aliphatic heterocycles. The predicted octanol–water partition coefficient (Wildman–Crippen LogP) is 6.68. The first-order valence-corrected chi connectivity index (χ1v) is 9.53. The number of aryl methyl sites for hydroxylation is 1. The van der Waals surface area contributed by atoms with Crippen molar-refractivity contribution in [2.75, 3.05) is 0 Å². The van der Waals surface area contributed by atoms with Gasteiger partial charge in [-0.3, -0.25) is 0 Å². The summed E-state index contributed by atoms with van der Waals surface area (Å²) in [6.45, 7) is 8.71. The molecule has 0 unspecified atom stereocenters. The SMILES string of the molecule is Cc1cc(-c2nnc(-c3ccc(C(C)(C)C)cc3)o2)ccc1-c1ccccc1. The highest BCUT2D eigenvalue weighted by atomic mass is 16.4. The van der Waals surface area contributed by atoms with Crippen molar-refractivity contribution in [3.05, 3.63) is 83.9 Å². The number of nitrogens with zero attached hydrogens (tertiary/aromatic N) is 2. The van der Waals surface area contributed by atoms with E-state index in [0.29, 0.717) is 11.8 Å². The van der Waals surface area contributed by atoms with Crippen LogP contribution < -0.4 is 0 Å². The molecule has 0 aliphatic carbocycles. The van der Waals surface area contributed by atoms with Crippen LogP contribution in [0.2, 0.25) is 0 Å². The van der Waals surface area contributed by atoms with Crippen LogP contribution in [0.4, 0.5) is 0 Å². The number of rotatable bonds is 3. The lowest BCUT2D eigenvalue weighted by Crippen LogP contribution is -2.10. The van der Waals surface area contributed by atoms with Crippen LogP contribution >= 0.6 is 0 Å². The summed E-state index contributed by atoms with van der Waals surface area (Å²) in [5, 5.41) is 8.51. The molecule has 0 N–H and O–H groups in total. The van der Waals surface area contributed by atoms with E-state index in [1.54, 1.807) is 0 Å². The van der Waals surface area contributed by atoms with E-state index in [9.17, 15) is 0 Å². The van der Waals surface area contributed by atoms with Gasteiger partial charge in [-0.25, -0.2) is 0 Å². The minimum absolute atomic E-state index is 0.122. The molecule has 28 heavy (non-hydrogen) atoms. The number of aromatic nitrogens is 2. The summed E-state index contributed by atoms with van der Waals surface area (Å²) >= 11 is 0. The zero-order chi connectivity index (χ0) is 19.7. The number of hydrogen-bond donors (Lipinski definition) is 0. The number of hydrogen-bond acceptors (Lipinski definition) is 3. The fourth-order valence-corrected chi connectivity index (χ4v) is 3.31. The Balaban J connectivity index is 1.62. The molecule has 0 spiro atoms. The molecule has 3 aromatic carbocycles.